The maximum atomic E-state index is 10.9. The largest absolute Gasteiger partial charge is 0.370 e. The molecule has 1 aliphatic rings. The zero-order chi connectivity index (χ0) is 11.4. The van der Waals surface area contributed by atoms with Crippen molar-refractivity contribution < 1.29 is 4.79 Å². The van der Waals surface area contributed by atoms with Crippen LogP contribution in [0.25, 0.3) is 0 Å². The van der Waals surface area contributed by atoms with Crippen molar-refractivity contribution in [3.8, 4) is 0 Å². The number of hydrogen-bond acceptors (Lipinski definition) is 3. The summed E-state index contributed by atoms with van der Waals surface area (Å²) in [7, 11) is 0. The summed E-state index contributed by atoms with van der Waals surface area (Å²) in [6.45, 7) is 6.02. The predicted octanol–water partition coefficient (Wildman–Crippen LogP) is 0.310. The summed E-state index contributed by atoms with van der Waals surface area (Å²) in [5, 5.41) is 0. The maximum absolute atomic E-state index is 10.9. The lowest BCUT2D eigenvalue weighted by Crippen LogP contribution is -2.47. The van der Waals surface area contributed by atoms with E-state index in [0.717, 1.165) is 6.54 Å². The lowest BCUT2D eigenvalue weighted by molar-refractivity contribution is -0.119. The van der Waals surface area contributed by atoms with Crippen LogP contribution in [0.5, 0.6) is 0 Å². The number of likely N-dealkylation sites (tertiary alicyclic amines) is 1. The summed E-state index contributed by atoms with van der Waals surface area (Å²) in [4.78, 5) is 13.3. The highest BCUT2D eigenvalue weighted by atomic mass is 16.1. The Hall–Kier alpha value is -0.610. The number of carbonyl (C=O) groups is 1. The van der Waals surface area contributed by atoms with E-state index >= 15 is 0 Å². The standard InChI is InChI=1S/C11H23N3O/c1-8(2)10-4-3-5-14(10)9(7-12)6-11(13)15/h8-10H,3-7,12H2,1-2H3,(H2,13,15). The van der Waals surface area contributed by atoms with Gasteiger partial charge in [-0.15, -0.1) is 0 Å². The third-order valence-electron chi connectivity index (χ3n) is 3.29. The zero-order valence-corrected chi connectivity index (χ0v) is 9.78. The van der Waals surface area contributed by atoms with E-state index in [1.807, 2.05) is 0 Å². The second-order valence-corrected chi connectivity index (χ2v) is 4.75. The smallest absolute Gasteiger partial charge is 0.219 e. The predicted molar refractivity (Wildman–Crippen MR) is 61.2 cm³/mol. The highest BCUT2D eigenvalue weighted by molar-refractivity contribution is 5.74. The minimum atomic E-state index is -0.250. The Kier molecular flexibility index (Phi) is 4.54. The first-order chi connectivity index (χ1) is 7.06. The Morgan fingerprint density at radius 3 is 2.67 bits per heavy atom. The van der Waals surface area contributed by atoms with E-state index in [1.54, 1.807) is 0 Å². The van der Waals surface area contributed by atoms with E-state index in [-0.39, 0.29) is 11.9 Å². The van der Waals surface area contributed by atoms with Gasteiger partial charge in [0.05, 0.1) is 0 Å². The first kappa shape index (κ1) is 12.5. The molecule has 1 fully saturated rings. The number of rotatable bonds is 5. The van der Waals surface area contributed by atoms with Crippen LogP contribution in [0, 0.1) is 5.92 Å². The number of carbonyl (C=O) groups excluding carboxylic acids is 1. The first-order valence-corrected chi connectivity index (χ1v) is 5.80. The molecule has 4 heteroatoms. The van der Waals surface area contributed by atoms with Crippen molar-refractivity contribution in [2.45, 2.75) is 45.2 Å². The summed E-state index contributed by atoms with van der Waals surface area (Å²) in [5.74, 6) is 0.370. The molecular weight excluding hydrogens is 190 g/mol. The molecule has 0 aromatic heterocycles. The number of primary amides is 1. The summed E-state index contributed by atoms with van der Waals surface area (Å²) in [5.41, 5.74) is 11.0. The van der Waals surface area contributed by atoms with Crippen LogP contribution in [0.4, 0.5) is 0 Å². The van der Waals surface area contributed by atoms with Crippen LogP contribution in [0.2, 0.25) is 0 Å². The average molecular weight is 213 g/mol. The van der Waals surface area contributed by atoms with E-state index in [1.165, 1.54) is 12.8 Å². The molecule has 0 saturated carbocycles. The Balaban J connectivity index is 2.61. The molecule has 88 valence electrons. The van der Waals surface area contributed by atoms with E-state index in [4.69, 9.17) is 11.5 Å². The third-order valence-corrected chi connectivity index (χ3v) is 3.29. The fourth-order valence-electron chi connectivity index (χ4n) is 2.55. The van der Waals surface area contributed by atoms with Crippen molar-refractivity contribution in [3.05, 3.63) is 0 Å². The first-order valence-electron chi connectivity index (χ1n) is 5.80. The lowest BCUT2D eigenvalue weighted by Gasteiger charge is -2.33. The minimum Gasteiger partial charge on any atom is -0.370 e. The number of hydrogen-bond donors (Lipinski definition) is 2. The molecular formula is C11H23N3O. The Morgan fingerprint density at radius 2 is 2.20 bits per heavy atom. The van der Waals surface area contributed by atoms with Gasteiger partial charge < -0.3 is 11.5 Å². The van der Waals surface area contributed by atoms with Crippen LogP contribution in [0.15, 0.2) is 0 Å². The van der Waals surface area contributed by atoms with Crippen LogP contribution in [0.1, 0.15) is 33.1 Å². The SMILES string of the molecule is CC(C)C1CCCN1C(CN)CC(N)=O. The van der Waals surface area contributed by atoms with Gasteiger partial charge in [-0.2, -0.15) is 0 Å². The molecule has 0 aliphatic carbocycles. The molecule has 0 radical (unpaired) electrons. The van der Waals surface area contributed by atoms with Gasteiger partial charge >= 0.3 is 0 Å². The summed E-state index contributed by atoms with van der Waals surface area (Å²) >= 11 is 0. The minimum absolute atomic E-state index is 0.136. The molecule has 2 unspecified atom stereocenters. The highest BCUT2D eigenvalue weighted by Crippen LogP contribution is 2.26. The van der Waals surface area contributed by atoms with Crippen molar-refractivity contribution in [1.82, 2.24) is 4.90 Å². The van der Waals surface area contributed by atoms with E-state index in [2.05, 4.69) is 18.7 Å². The Labute approximate surface area is 92.0 Å². The monoisotopic (exact) mass is 213 g/mol. The Bertz CT molecular complexity index is 218. The number of nitrogens with zero attached hydrogens (tertiary/aromatic N) is 1. The topological polar surface area (TPSA) is 72.3 Å². The highest BCUT2D eigenvalue weighted by Gasteiger charge is 2.32. The molecule has 1 rings (SSSR count). The van der Waals surface area contributed by atoms with E-state index < -0.39 is 0 Å². The van der Waals surface area contributed by atoms with Crippen molar-refractivity contribution in [2.24, 2.45) is 17.4 Å². The van der Waals surface area contributed by atoms with Crippen LogP contribution < -0.4 is 11.5 Å². The third kappa shape index (κ3) is 3.18. The average Bonchev–Trinajstić information content (AvgIpc) is 2.62. The normalized spacial score (nSPS) is 24.7. The van der Waals surface area contributed by atoms with Crippen LogP contribution in [-0.4, -0.2) is 36.0 Å². The van der Waals surface area contributed by atoms with Crippen molar-refractivity contribution in [3.63, 3.8) is 0 Å². The van der Waals surface area contributed by atoms with E-state index in [0.29, 0.717) is 24.9 Å². The lowest BCUT2D eigenvalue weighted by atomic mass is 10.00. The molecule has 0 spiro atoms. The molecule has 2 atom stereocenters. The molecule has 0 bridgehead atoms. The van der Waals surface area contributed by atoms with E-state index in [9.17, 15) is 4.79 Å². The summed E-state index contributed by atoms with van der Waals surface area (Å²) in [6.07, 6.45) is 2.81. The Morgan fingerprint density at radius 1 is 1.53 bits per heavy atom. The quantitative estimate of drug-likeness (QED) is 0.690. The van der Waals surface area contributed by atoms with Crippen LogP contribution in [0.3, 0.4) is 0 Å². The van der Waals surface area contributed by atoms with Crippen molar-refractivity contribution >= 4 is 5.91 Å². The maximum Gasteiger partial charge on any atom is 0.219 e. The van der Waals surface area contributed by atoms with Gasteiger partial charge in [-0.25, -0.2) is 0 Å². The number of amides is 1. The fourth-order valence-corrected chi connectivity index (χ4v) is 2.55. The molecule has 1 aliphatic heterocycles. The molecule has 1 heterocycles. The second-order valence-electron chi connectivity index (χ2n) is 4.75. The van der Waals surface area contributed by atoms with Gasteiger partial charge in [0.25, 0.3) is 0 Å². The molecule has 1 amide bonds. The summed E-state index contributed by atoms with van der Waals surface area (Å²) < 4.78 is 0. The second kappa shape index (κ2) is 5.47. The molecule has 4 nitrogen and oxygen atoms in total. The zero-order valence-electron chi connectivity index (χ0n) is 9.78. The van der Waals surface area contributed by atoms with Gasteiger partial charge in [-0.3, -0.25) is 9.69 Å². The van der Waals surface area contributed by atoms with Gasteiger partial charge in [0.1, 0.15) is 0 Å². The molecule has 1 saturated heterocycles. The van der Waals surface area contributed by atoms with Crippen molar-refractivity contribution in [1.29, 1.82) is 0 Å². The summed E-state index contributed by atoms with van der Waals surface area (Å²) in [6, 6.07) is 0.704. The van der Waals surface area contributed by atoms with Crippen LogP contribution in [-0.2, 0) is 4.79 Å². The fraction of sp³-hybridized carbons (Fsp3) is 0.909. The van der Waals surface area contributed by atoms with Gasteiger partial charge in [0, 0.05) is 25.0 Å². The molecule has 0 aromatic rings. The molecule has 15 heavy (non-hydrogen) atoms. The van der Waals surface area contributed by atoms with Gasteiger partial charge in [-0.1, -0.05) is 13.8 Å². The number of nitrogens with two attached hydrogens (primary N) is 2. The van der Waals surface area contributed by atoms with Gasteiger partial charge in [0.2, 0.25) is 5.91 Å². The van der Waals surface area contributed by atoms with Gasteiger partial charge in [0.15, 0.2) is 0 Å². The van der Waals surface area contributed by atoms with Crippen LogP contribution >= 0.6 is 0 Å². The molecule has 4 N–H and O–H groups in total. The van der Waals surface area contributed by atoms with Crippen molar-refractivity contribution in [2.75, 3.05) is 13.1 Å². The molecule has 0 aromatic carbocycles. The van der Waals surface area contributed by atoms with Gasteiger partial charge in [-0.05, 0) is 25.3 Å².